The van der Waals surface area contributed by atoms with E-state index in [9.17, 15) is 5.11 Å². The Kier molecular flexibility index (Phi) is 5.18. The Morgan fingerprint density at radius 1 is 1.37 bits per heavy atom. The van der Waals surface area contributed by atoms with E-state index in [-0.39, 0.29) is 6.61 Å². The van der Waals surface area contributed by atoms with Gasteiger partial charge < -0.3 is 15.2 Å². The molecule has 0 bridgehead atoms. The van der Waals surface area contributed by atoms with Crippen LogP contribution in [0.1, 0.15) is 6.92 Å². The number of nitrogens with zero attached hydrogens (tertiary/aromatic N) is 2. The molecule has 0 aliphatic heterocycles. The van der Waals surface area contributed by atoms with Gasteiger partial charge in [-0.05, 0) is 13.0 Å². The van der Waals surface area contributed by atoms with Crippen molar-refractivity contribution in [1.82, 2.24) is 8.75 Å². The summed E-state index contributed by atoms with van der Waals surface area (Å²) in [6.07, 6.45) is -0.617. The molecular weight excluding hydrogens is 309 g/mol. The number of ether oxygens (including phenoxy) is 1. The number of benzene rings is 1. The van der Waals surface area contributed by atoms with E-state index in [2.05, 4.69) is 14.1 Å². The third kappa shape index (κ3) is 3.46. The number of fused-ring (bicyclic) bond motifs is 1. The Morgan fingerprint density at radius 3 is 2.84 bits per heavy atom. The maximum Gasteiger partial charge on any atom is 0.130 e. The van der Waals surface area contributed by atoms with Crippen LogP contribution < -0.4 is 5.32 Å². The van der Waals surface area contributed by atoms with Gasteiger partial charge in [0.15, 0.2) is 0 Å². The molecule has 0 fully saturated rings. The lowest BCUT2D eigenvalue weighted by Gasteiger charge is -2.14. The summed E-state index contributed by atoms with van der Waals surface area (Å²) in [4.78, 5) is 0. The number of aromatic nitrogens is 2. The fourth-order valence-electron chi connectivity index (χ4n) is 1.58. The number of hydrogen-bond acceptors (Lipinski definition) is 6. The molecule has 0 amide bonds. The molecule has 1 atom stereocenters. The molecule has 0 aliphatic rings. The van der Waals surface area contributed by atoms with E-state index in [4.69, 9.17) is 27.9 Å². The molecule has 0 saturated carbocycles. The Labute approximate surface area is 124 Å². The summed E-state index contributed by atoms with van der Waals surface area (Å²) < 4.78 is 13.4. The smallest absolute Gasteiger partial charge is 0.130 e. The highest BCUT2D eigenvalue weighted by Gasteiger charge is 2.14. The van der Waals surface area contributed by atoms with E-state index in [1.807, 2.05) is 6.92 Å². The predicted molar refractivity (Wildman–Crippen MR) is 78.4 cm³/mol. The SMILES string of the molecule is CCOCC(O)CNc1c(Cl)cc(Cl)c2nsnc12. The van der Waals surface area contributed by atoms with Crippen molar-refractivity contribution < 1.29 is 9.84 Å². The van der Waals surface area contributed by atoms with Gasteiger partial charge in [-0.2, -0.15) is 8.75 Å². The second-order valence-electron chi connectivity index (χ2n) is 3.87. The second kappa shape index (κ2) is 6.67. The molecule has 0 radical (unpaired) electrons. The summed E-state index contributed by atoms with van der Waals surface area (Å²) in [7, 11) is 0. The van der Waals surface area contributed by atoms with Crippen LogP contribution in [0.2, 0.25) is 10.0 Å². The van der Waals surface area contributed by atoms with Gasteiger partial charge in [-0.1, -0.05) is 23.2 Å². The van der Waals surface area contributed by atoms with Crippen LogP contribution in [0, 0.1) is 0 Å². The summed E-state index contributed by atoms with van der Waals surface area (Å²) in [6, 6.07) is 1.62. The number of aliphatic hydroxyl groups is 1. The van der Waals surface area contributed by atoms with Gasteiger partial charge in [0.25, 0.3) is 0 Å². The molecule has 1 aromatic carbocycles. The lowest BCUT2D eigenvalue weighted by atomic mass is 10.2. The van der Waals surface area contributed by atoms with E-state index in [1.54, 1.807) is 6.07 Å². The number of hydrogen-bond donors (Lipinski definition) is 2. The van der Waals surface area contributed by atoms with Crippen LogP contribution in [-0.4, -0.2) is 39.7 Å². The number of aliphatic hydroxyl groups excluding tert-OH is 1. The first-order chi connectivity index (χ1) is 9.13. The van der Waals surface area contributed by atoms with Gasteiger partial charge in [0.1, 0.15) is 11.0 Å². The maximum atomic E-state index is 9.72. The third-order valence-corrected chi connectivity index (χ3v) is 3.59. The minimum absolute atomic E-state index is 0.271. The molecule has 2 aromatic rings. The molecule has 2 rings (SSSR count). The molecule has 0 saturated heterocycles. The largest absolute Gasteiger partial charge is 0.389 e. The first kappa shape index (κ1) is 14.7. The van der Waals surface area contributed by atoms with Gasteiger partial charge >= 0.3 is 0 Å². The number of halogens is 2. The van der Waals surface area contributed by atoms with Gasteiger partial charge in [-0.25, -0.2) is 0 Å². The first-order valence-corrected chi connectivity index (χ1v) is 7.22. The minimum Gasteiger partial charge on any atom is -0.389 e. The fourth-order valence-corrected chi connectivity index (χ4v) is 2.75. The molecule has 2 N–H and O–H groups in total. The van der Waals surface area contributed by atoms with Crippen molar-refractivity contribution in [1.29, 1.82) is 0 Å². The summed E-state index contributed by atoms with van der Waals surface area (Å²) >= 11 is 13.2. The van der Waals surface area contributed by atoms with E-state index in [0.29, 0.717) is 39.9 Å². The van der Waals surface area contributed by atoms with Crippen LogP contribution >= 0.6 is 34.9 Å². The molecule has 1 heterocycles. The Bertz CT molecular complexity index is 564. The van der Waals surface area contributed by atoms with Crippen LogP contribution in [0.4, 0.5) is 5.69 Å². The number of nitrogens with one attached hydrogen (secondary N) is 1. The van der Waals surface area contributed by atoms with Gasteiger partial charge in [0.05, 0.1) is 40.2 Å². The van der Waals surface area contributed by atoms with Crippen LogP contribution in [0.25, 0.3) is 11.0 Å². The van der Waals surface area contributed by atoms with E-state index >= 15 is 0 Å². The molecule has 5 nitrogen and oxygen atoms in total. The van der Waals surface area contributed by atoms with Crippen molar-refractivity contribution in [3.8, 4) is 0 Å². The third-order valence-electron chi connectivity index (χ3n) is 2.47. The predicted octanol–water partition coefficient (Wildman–Crippen LogP) is 2.81. The zero-order chi connectivity index (χ0) is 13.8. The lowest BCUT2D eigenvalue weighted by molar-refractivity contribution is 0.0496. The molecule has 0 aliphatic carbocycles. The van der Waals surface area contributed by atoms with Crippen molar-refractivity contribution in [2.45, 2.75) is 13.0 Å². The average Bonchev–Trinajstić information content (AvgIpc) is 2.85. The highest BCUT2D eigenvalue weighted by atomic mass is 35.5. The van der Waals surface area contributed by atoms with Crippen molar-refractivity contribution in [3.63, 3.8) is 0 Å². The number of anilines is 1. The minimum atomic E-state index is -0.617. The topological polar surface area (TPSA) is 67.3 Å². The summed E-state index contributed by atoms with van der Waals surface area (Å²) in [6.45, 7) is 3.03. The van der Waals surface area contributed by atoms with Gasteiger partial charge in [0, 0.05) is 13.2 Å². The monoisotopic (exact) mass is 321 g/mol. The summed E-state index contributed by atoms with van der Waals surface area (Å²) in [5, 5.41) is 13.7. The molecule has 1 aromatic heterocycles. The van der Waals surface area contributed by atoms with Crippen molar-refractivity contribution in [2.24, 2.45) is 0 Å². The first-order valence-electron chi connectivity index (χ1n) is 5.73. The molecule has 1 unspecified atom stereocenters. The average molecular weight is 322 g/mol. The van der Waals surface area contributed by atoms with Crippen LogP contribution in [0.5, 0.6) is 0 Å². The zero-order valence-electron chi connectivity index (χ0n) is 10.2. The number of rotatable bonds is 6. The highest BCUT2D eigenvalue weighted by Crippen LogP contribution is 2.35. The van der Waals surface area contributed by atoms with Gasteiger partial charge in [-0.3, -0.25) is 0 Å². The van der Waals surface area contributed by atoms with E-state index in [0.717, 1.165) is 11.7 Å². The van der Waals surface area contributed by atoms with Gasteiger partial charge in [-0.15, -0.1) is 0 Å². The second-order valence-corrected chi connectivity index (χ2v) is 5.21. The Balaban J connectivity index is 2.14. The zero-order valence-corrected chi connectivity index (χ0v) is 12.5. The van der Waals surface area contributed by atoms with Crippen LogP contribution in [0.3, 0.4) is 0 Å². The standard InChI is InChI=1S/C11H13Cl2N3O2S/c1-2-18-5-6(17)4-14-9-7(12)3-8(13)10-11(9)16-19-15-10/h3,6,14,17H,2,4-5H2,1H3. The Hall–Kier alpha value is -0.660. The van der Waals surface area contributed by atoms with Crippen molar-refractivity contribution in [2.75, 3.05) is 25.1 Å². The summed E-state index contributed by atoms with van der Waals surface area (Å²) in [5.41, 5.74) is 1.86. The quantitative estimate of drug-likeness (QED) is 0.856. The van der Waals surface area contributed by atoms with E-state index in [1.165, 1.54) is 0 Å². The summed E-state index contributed by atoms with van der Waals surface area (Å²) in [5.74, 6) is 0. The van der Waals surface area contributed by atoms with E-state index < -0.39 is 6.10 Å². The van der Waals surface area contributed by atoms with Crippen LogP contribution in [-0.2, 0) is 4.74 Å². The molecule has 104 valence electrons. The normalized spacial score (nSPS) is 12.8. The van der Waals surface area contributed by atoms with Gasteiger partial charge in [0.2, 0.25) is 0 Å². The van der Waals surface area contributed by atoms with Crippen LogP contribution in [0.15, 0.2) is 6.07 Å². The van der Waals surface area contributed by atoms with Crippen molar-refractivity contribution in [3.05, 3.63) is 16.1 Å². The fraction of sp³-hybridized carbons (Fsp3) is 0.455. The molecule has 8 heteroatoms. The molecule has 0 spiro atoms. The maximum absolute atomic E-state index is 9.72. The molecular formula is C11H13Cl2N3O2S. The molecule has 19 heavy (non-hydrogen) atoms. The highest BCUT2D eigenvalue weighted by molar-refractivity contribution is 7.00. The Morgan fingerprint density at radius 2 is 2.11 bits per heavy atom. The lowest BCUT2D eigenvalue weighted by Crippen LogP contribution is -2.25. The van der Waals surface area contributed by atoms with Crippen molar-refractivity contribution >= 4 is 51.7 Å².